The highest BCUT2D eigenvalue weighted by Gasteiger charge is 2.35. The summed E-state index contributed by atoms with van der Waals surface area (Å²) in [7, 11) is 0. The molecule has 1 amide bonds. The summed E-state index contributed by atoms with van der Waals surface area (Å²) in [5.74, 6) is 0.0971. The first-order valence-corrected chi connectivity index (χ1v) is 6.95. The summed E-state index contributed by atoms with van der Waals surface area (Å²) in [6, 6.07) is 12.0. The highest BCUT2D eigenvalue weighted by Crippen LogP contribution is 2.33. The van der Waals surface area contributed by atoms with Gasteiger partial charge in [0.25, 0.3) is 5.91 Å². The second-order valence-corrected chi connectivity index (χ2v) is 5.93. The van der Waals surface area contributed by atoms with E-state index in [1.807, 2.05) is 24.3 Å². The Morgan fingerprint density at radius 2 is 2.06 bits per heavy atom. The summed E-state index contributed by atoms with van der Waals surface area (Å²) in [5.41, 5.74) is 1.27. The Bertz CT molecular complexity index is 506. The van der Waals surface area contributed by atoms with Gasteiger partial charge in [0, 0.05) is 22.9 Å². The predicted molar refractivity (Wildman–Crippen MR) is 78.3 cm³/mol. The molecule has 3 nitrogen and oxygen atoms in total. The molecule has 0 radical (unpaired) electrons. The molecule has 1 saturated heterocycles. The molecule has 92 valence electrons. The van der Waals surface area contributed by atoms with Crippen molar-refractivity contribution in [1.82, 2.24) is 4.90 Å². The number of nitrogens with zero attached hydrogens (tertiary/aromatic N) is 2. The molecule has 1 aliphatic heterocycles. The molecule has 2 unspecified atom stereocenters. The molecule has 0 bridgehead atoms. The van der Waals surface area contributed by atoms with E-state index in [-0.39, 0.29) is 11.5 Å². The Kier molecular flexibility index (Phi) is 4.02. The van der Waals surface area contributed by atoms with Crippen LogP contribution in [0.5, 0.6) is 0 Å². The van der Waals surface area contributed by atoms with Gasteiger partial charge in [-0.05, 0) is 5.56 Å². The second kappa shape index (κ2) is 5.53. The fraction of sp³-hybridized carbons (Fsp3) is 0.286. The lowest BCUT2D eigenvalue weighted by Gasteiger charge is -2.15. The Morgan fingerprint density at radius 1 is 1.39 bits per heavy atom. The second-order valence-electron chi connectivity index (χ2n) is 4.33. The molecule has 1 aromatic carbocycles. The number of amides is 1. The number of rotatable bonds is 2. The van der Waals surface area contributed by atoms with Crippen LogP contribution in [0.25, 0.3) is 0 Å². The Morgan fingerprint density at radius 3 is 2.67 bits per heavy atom. The van der Waals surface area contributed by atoms with Gasteiger partial charge in [-0.2, -0.15) is 5.26 Å². The minimum atomic E-state index is -0.238. The fourth-order valence-electron chi connectivity index (χ4n) is 2.18. The quantitative estimate of drug-likeness (QED) is 0.355. The standard InChI is InChI=1S/C14H13IN2O/c1-10(7-16)14(18)17-8-12(13(15)9-17)11-5-3-2-4-6-11/h2-6,12-13H,1,8-9H2. The number of halogens is 1. The topological polar surface area (TPSA) is 44.1 Å². The zero-order chi connectivity index (χ0) is 13.1. The number of alkyl halides is 1. The van der Waals surface area contributed by atoms with Gasteiger partial charge in [-0.15, -0.1) is 0 Å². The largest absolute Gasteiger partial charge is 0.336 e. The van der Waals surface area contributed by atoms with Crippen LogP contribution in [0.3, 0.4) is 0 Å². The molecule has 2 rings (SSSR count). The van der Waals surface area contributed by atoms with Crippen LogP contribution in [0, 0.1) is 11.3 Å². The monoisotopic (exact) mass is 352 g/mol. The minimum absolute atomic E-state index is 0.0207. The number of carbonyl (C=O) groups is 1. The molecule has 1 aromatic rings. The van der Waals surface area contributed by atoms with Gasteiger partial charge in [0.1, 0.15) is 11.6 Å². The van der Waals surface area contributed by atoms with E-state index in [1.54, 1.807) is 4.90 Å². The Labute approximate surface area is 120 Å². The predicted octanol–water partition coefficient (Wildman–Crippen LogP) is 2.50. The third-order valence-electron chi connectivity index (χ3n) is 3.16. The average Bonchev–Trinajstić information content (AvgIpc) is 2.80. The Hall–Kier alpha value is -1.35. The summed E-state index contributed by atoms with van der Waals surface area (Å²) in [4.78, 5) is 13.6. The van der Waals surface area contributed by atoms with Gasteiger partial charge < -0.3 is 4.90 Å². The van der Waals surface area contributed by atoms with Crippen molar-refractivity contribution in [3.63, 3.8) is 0 Å². The van der Waals surface area contributed by atoms with E-state index < -0.39 is 0 Å². The van der Waals surface area contributed by atoms with Crippen LogP contribution in [-0.4, -0.2) is 27.8 Å². The number of nitriles is 1. The van der Waals surface area contributed by atoms with Gasteiger partial charge in [0.2, 0.25) is 0 Å². The first-order valence-electron chi connectivity index (χ1n) is 5.70. The molecule has 2 atom stereocenters. The van der Waals surface area contributed by atoms with Crippen LogP contribution in [0.4, 0.5) is 0 Å². The molecule has 0 saturated carbocycles. The molecule has 4 heteroatoms. The van der Waals surface area contributed by atoms with Crippen molar-refractivity contribution in [2.45, 2.75) is 9.84 Å². The molecule has 0 aliphatic carbocycles. The van der Waals surface area contributed by atoms with E-state index in [2.05, 4.69) is 41.3 Å². The van der Waals surface area contributed by atoms with Crippen molar-refractivity contribution < 1.29 is 4.79 Å². The molecule has 0 aromatic heterocycles. The summed E-state index contributed by atoms with van der Waals surface area (Å²) in [6.07, 6.45) is 0. The Balaban J connectivity index is 2.13. The maximum Gasteiger partial charge on any atom is 0.263 e. The van der Waals surface area contributed by atoms with Gasteiger partial charge in [0.15, 0.2) is 0 Å². The lowest BCUT2D eigenvalue weighted by Crippen LogP contribution is -2.29. The number of carbonyl (C=O) groups excluding carboxylic acids is 1. The van der Waals surface area contributed by atoms with Crippen LogP contribution in [0.15, 0.2) is 42.5 Å². The molecular formula is C14H13IN2O. The molecular weight excluding hydrogens is 339 g/mol. The van der Waals surface area contributed by atoms with Crippen molar-refractivity contribution in [2.24, 2.45) is 0 Å². The molecule has 0 N–H and O–H groups in total. The SMILES string of the molecule is C=C(C#N)C(=O)N1CC(I)C(c2ccccc2)C1. The van der Waals surface area contributed by atoms with Gasteiger partial charge in [-0.3, -0.25) is 4.79 Å². The maximum atomic E-state index is 11.9. The van der Waals surface area contributed by atoms with Gasteiger partial charge >= 0.3 is 0 Å². The lowest BCUT2D eigenvalue weighted by molar-refractivity contribution is -0.125. The van der Waals surface area contributed by atoms with Crippen molar-refractivity contribution in [1.29, 1.82) is 5.26 Å². The fourth-order valence-corrected chi connectivity index (χ4v) is 3.30. The molecule has 1 heterocycles. The van der Waals surface area contributed by atoms with Gasteiger partial charge in [-0.1, -0.05) is 59.5 Å². The zero-order valence-corrected chi connectivity index (χ0v) is 12.0. The van der Waals surface area contributed by atoms with Crippen LogP contribution in [0.2, 0.25) is 0 Å². The summed E-state index contributed by atoms with van der Waals surface area (Å²) >= 11 is 2.38. The summed E-state index contributed by atoms with van der Waals surface area (Å²) < 4.78 is 0.375. The first kappa shape index (κ1) is 13.1. The van der Waals surface area contributed by atoms with E-state index in [1.165, 1.54) is 5.56 Å². The maximum absolute atomic E-state index is 11.9. The van der Waals surface area contributed by atoms with Crippen LogP contribution in [-0.2, 0) is 4.79 Å². The van der Waals surface area contributed by atoms with Crippen LogP contribution < -0.4 is 0 Å². The van der Waals surface area contributed by atoms with E-state index in [4.69, 9.17) is 5.26 Å². The summed E-state index contributed by atoms with van der Waals surface area (Å²) in [5, 5.41) is 8.72. The van der Waals surface area contributed by atoms with Crippen molar-refractivity contribution in [3.05, 3.63) is 48.0 Å². The smallest absolute Gasteiger partial charge is 0.263 e. The number of hydrogen-bond acceptors (Lipinski definition) is 2. The van der Waals surface area contributed by atoms with Crippen LogP contribution in [0.1, 0.15) is 11.5 Å². The van der Waals surface area contributed by atoms with Crippen molar-refractivity contribution in [3.8, 4) is 6.07 Å². The average molecular weight is 352 g/mol. The van der Waals surface area contributed by atoms with E-state index in [0.717, 1.165) is 0 Å². The number of hydrogen-bond donors (Lipinski definition) is 0. The molecule has 1 fully saturated rings. The van der Waals surface area contributed by atoms with E-state index >= 15 is 0 Å². The lowest BCUT2D eigenvalue weighted by atomic mass is 9.99. The third kappa shape index (κ3) is 2.56. The zero-order valence-electron chi connectivity index (χ0n) is 9.84. The molecule has 1 aliphatic rings. The van der Waals surface area contributed by atoms with Gasteiger partial charge in [-0.25, -0.2) is 0 Å². The molecule has 0 spiro atoms. The minimum Gasteiger partial charge on any atom is -0.336 e. The van der Waals surface area contributed by atoms with Crippen molar-refractivity contribution in [2.75, 3.05) is 13.1 Å². The number of likely N-dealkylation sites (tertiary alicyclic amines) is 1. The number of benzene rings is 1. The van der Waals surface area contributed by atoms with E-state index in [9.17, 15) is 4.79 Å². The van der Waals surface area contributed by atoms with Crippen LogP contribution >= 0.6 is 22.6 Å². The first-order chi connectivity index (χ1) is 8.63. The summed E-state index contributed by atoms with van der Waals surface area (Å²) in [6.45, 7) is 4.83. The van der Waals surface area contributed by atoms with Gasteiger partial charge in [0.05, 0.1) is 0 Å². The highest BCUT2D eigenvalue weighted by molar-refractivity contribution is 14.1. The third-order valence-corrected chi connectivity index (χ3v) is 4.42. The van der Waals surface area contributed by atoms with Crippen molar-refractivity contribution >= 4 is 28.5 Å². The highest BCUT2D eigenvalue weighted by atomic mass is 127. The van der Waals surface area contributed by atoms with E-state index in [0.29, 0.717) is 22.9 Å². The molecule has 18 heavy (non-hydrogen) atoms. The normalized spacial score (nSPS) is 22.6.